The highest BCUT2D eigenvalue weighted by atomic mass is 16.6. The van der Waals surface area contributed by atoms with Crippen molar-refractivity contribution in [1.82, 2.24) is 4.98 Å². The van der Waals surface area contributed by atoms with E-state index in [1.807, 2.05) is 30.3 Å². The minimum absolute atomic E-state index is 0.218. The van der Waals surface area contributed by atoms with Crippen LogP contribution in [0, 0.1) is 0 Å². The van der Waals surface area contributed by atoms with Gasteiger partial charge in [-0.25, -0.2) is 0 Å². The first-order chi connectivity index (χ1) is 12.3. The number of hydrogen-bond acceptors (Lipinski definition) is 4. The molecule has 5 heteroatoms. The average Bonchev–Trinajstić information content (AvgIpc) is 2.66. The molecule has 0 unspecified atom stereocenters. The number of para-hydroxylation sites is 1. The van der Waals surface area contributed by atoms with Crippen molar-refractivity contribution in [1.29, 1.82) is 0 Å². The van der Waals surface area contributed by atoms with E-state index in [0.29, 0.717) is 30.4 Å². The predicted molar refractivity (Wildman–Crippen MR) is 96.8 cm³/mol. The molecule has 1 amide bonds. The Balaban J connectivity index is 1.51. The number of carbonyl (C=O) groups is 1. The van der Waals surface area contributed by atoms with Crippen molar-refractivity contribution >= 4 is 28.6 Å². The normalized spacial score (nSPS) is 13.1. The number of amides is 1. The molecule has 124 valence electrons. The maximum Gasteiger partial charge on any atom is 0.248 e. The number of ether oxygens (including phenoxy) is 2. The van der Waals surface area contributed by atoms with Crippen LogP contribution in [0.2, 0.25) is 0 Å². The third-order valence-corrected chi connectivity index (χ3v) is 3.89. The summed E-state index contributed by atoms with van der Waals surface area (Å²) in [7, 11) is 0. The molecule has 0 aliphatic carbocycles. The van der Waals surface area contributed by atoms with Gasteiger partial charge in [-0.05, 0) is 24.3 Å². The Kier molecular flexibility index (Phi) is 4.04. The van der Waals surface area contributed by atoms with Gasteiger partial charge < -0.3 is 14.8 Å². The second-order valence-corrected chi connectivity index (χ2v) is 5.60. The van der Waals surface area contributed by atoms with E-state index < -0.39 is 0 Å². The van der Waals surface area contributed by atoms with E-state index in [0.717, 1.165) is 16.5 Å². The molecular formula is C20H16N2O3. The summed E-state index contributed by atoms with van der Waals surface area (Å²) in [6, 6.07) is 15.1. The summed E-state index contributed by atoms with van der Waals surface area (Å²) in [6.07, 6.45) is 5.01. The molecule has 0 fully saturated rings. The monoisotopic (exact) mass is 332 g/mol. The Morgan fingerprint density at radius 3 is 2.80 bits per heavy atom. The number of hydrogen-bond donors (Lipinski definition) is 1. The number of rotatable bonds is 3. The molecule has 0 spiro atoms. The molecule has 0 bridgehead atoms. The molecule has 4 rings (SSSR count). The zero-order valence-corrected chi connectivity index (χ0v) is 13.4. The molecule has 0 saturated heterocycles. The first-order valence-corrected chi connectivity index (χ1v) is 8.02. The van der Waals surface area contributed by atoms with Crippen LogP contribution < -0.4 is 14.8 Å². The third kappa shape index (κ3) is 3.30. The summed E-state index contributed by atoms with van der Waals surface area (Å²) in [5, 5.41) is 3.87. The third-order valence-electron chi connectivity index (χ3n) is 3.89. The van der Waals surface area contributed by atoms with Gasteiger partial charge in [0.25, 0.3) is 0 Å². The van der Waals surface area contributed by atoms with E-state index in [9.17, 15) is 4.79 Å². The van der Waals surface area contributed by atoms with E-state index in [1.165, 1.54) is 6.08 Å². The van der Waals surface area contributed by atoms with Gasteiger partial charge in [-0.1, -0.05) is 24.3 Å². The first-order valence-electron chi connectivity index (χ1n) is 8.02. The highest BCUT2D eigenvalue weighted by Crippen LogP contribution is 2.32. The maximum atomic E-state index is 12.2. The standard InChI is InChI=1S/C20H16N2O3/c23-19(22-16-7-8-17-18(13-16)25-12-11-24-17)9-6-15-4-1-3-14-5-2-10-21-20(14)15/h1-10,13H,11-12H2,(H,22,23)/b9-6+. The molecular weight excluding hydrogens is 316 g/mol. The van der Waals surface area contributed by atoms with Crippen LogP contribution in [-0.4, -0.2) is 24.1 Å². The second kappa shape index (κ2) is 6.65. The van der Waals surface area contributed by atoms with Crippen LogP contribution >= 0.6 is 0 Å². The van der Waals surface area contributed by atoms with Gasteiger partial charge >= 0.3 is 0 Å². The lowest BCUT2D eigenvalue weighted by Crippen LogP contribution is -2.16. The molecule has 1 aromatic heterocycles. The fraction of sp³-hybridized carbons (Fsp3) is 0.100. The van der Waals surface area contributed by atoms with Gasteiger partial charge in [-0.3, -0.25) is 9.78 Å². The van der Waals surface area contributed by atoms with Crippen molar-refractivity contribution in [3.8, 4) is 11.5 Å². The number of fused-ring (bicyclic) bond motifs is 2. The van der Waals surface area contributed by atoms with Crippen molar-refractivity contribution in [3.05, 3.63) is 66.4 Å². The van der Waals surface area contributed by atoms with E-state index >= 15 is 0 Å². The van der Waals surface area contributed by atoms with Gasteiger partial charge in [0.05, 0.1) is 5.52 Å². The molecule has 0 radical (unpaired) electrons. The van der Waals surface area contributed by atoms with Gasteiger partial charge in [-0.15, -0.1) is 0 Å². The molecule has 25 heavy (non-hydrogen) atoms. The summed E-state index contributed by atoms with van der Waals surface area (Å²) >= 11 is 0. The number of anilines is 1. The van der Waals surface area contributed by atoms with Crippen LogP contribution in [0.3, 0.4) is 0 Å². The molecule has 0 saturated carbocycles. The smallest absolute Gasteiger partial charge is 0.248 e. The zero-order valence-electron chi connectivity index (χ0n) is 13.4. The highest BCUT2D eigenvalue weighted by molar-refractivity contribution is 6.03. The molecule has 1 aliphatic heterocycles. The summed E-state index contributed by atoms with van der Waals surface area (Å²) in [5.74, 6) is 1.12. The molecule has 1 N–H and O–H groups in total. The van der Waals surface area contributed by atoms with E-state index in [2.05, 4.69) is 10.3 Å². The van der Waals surface area contributed by atoms with Crippen LogP contribution in [-0.2, 0) is 4.79 Å². The van der Waals surface area contributed by atoms with E-state index in [-0.39, 0.29) is 5.91 Å². The summed E-state index contributed by atoms with van der Waals surface area (Å²) in [5.41, 5.74) is 2.43. The fourth-order valence-electron chi connectivity index (χ4n) is 2.73. The largest absolute Gasteiger partial charge is 0.486 e. The first kappa shape index (κ1) is 15.2. The topological polar surface area (TPSA) is 60.5 Å². The maximum absolute atomic E-state index is 12.2. The van der Waals surface area contributed by atoms with Gasteiger partial charge in [0.2, 0.25) is 5.91 Å². The molecule has 5 nitrogen and oxygen atoms in total. The van der Waals surface area contributed by atoms with Gasteiger partial charge in [0.1, 0.15) is 13.2 Å². The quantitative estimate of drug-likeness (QED) is 0.744. The lowest BCUT2D eigenvalue weighted by atomic mass is 10.1. The van der Waals surface area contributed by atoms with Crippen molar-refractivity contribution in [2.45, 2.75) is 0 Å². The summed E-state index contributed by atoms with van der Waals surface area (Å²) in [4.78, 5) is 16.6. The lowest BCUT2D eigenvalue weighted by Gasteiger charge is -2.18. The van der Waals surface area contributed by atoms with Crippen LogP contribution in [0.15, 0.2) is 60.8 Å². The molecule has 2 aromatic carbocycles. The number of benzene rings is 2. The van der Waals surface area contributed by atoms with Crippen molar-refractivity contribution in [3.63, 3.8) is 0 Å². The minimum atomic E-state index is -0.218. The van der Waals surface area contributed by atoms with Crippen LogP contribution in [0.25, 0.3) is 17.0 Å². The summed E-state index contributed by atoms with van der Waals surface area (Å²) in [6.45, 7) is 1.05. The van der Waals surface area contributed by atoms with Gasteiger partial charge in [0.15, 0.2) is 11.5 Å². The second-order valence-electron chi connectivity index (χ2n) is 5.60. The van der Waals surface area contributed by atoms with Crippen molar-refractivity contribution in [2.24, 2.45) is 0 Å². The van der Waals surface area contributed by atoms with E-state index in [4.69, 9.17) is 9.47 Å². The fourth-order valence-corrected chi connectivity index (χ4v) is 2.73. The van der Waals surface area contributed by atoms with E-state index in [1.54, 1.807) is 30.5 Å². The lowest BCUT2D eigenvalue weighted by molar-refractivity contribution is -0.111. The van der Waals surface area contributed by atoms with Crippen molar-refractivity contribution in [2.75, 3.05) is 18.5 Å². The Morgan fingerprint density at radius 2 is 1.88 bits per heavy atom. The van der Waals surface area contributed by atoms with Crippen LogP contribution in [0.5, 0.6) is 11.5 Å². The molecule has 3 aromatic rings. The summed E-state index contributed by atoms with van der Waals surface area (Å²) < 4.78 is 11.0. The Morgan fingerprint density at radius 1 is 1.04 bits per heavy atom. The van der Waals surface area contributed by atoms with Gasteiger partial charge in [-0.2, -0.15) is 0 Å². The van der Waals surface area contributed by atoms with Crippen LogP contribution in [0.4, 0.5) is 5.69 Å². The Bertz CT molecular complexity index is 961. The predicted octanol–water partition coefficient (Wildman–Crippen LogP) is 3.66. The van der Waals surface area contributed by atoms with Crippen LogP contribution in [0.1, 0.15) is 5.56 Å². The number of aromatic nitrogens is 1. The zero-order chi connectivity index (χ0) is 17.1. The Labute approximate surface area is 144 Å². The average molecular weight is 332 g/mol. The molecule has 2 heterocycles. The molecule has 0 atom stereocenters. The van der Waals surface area contributed by atoms with Gasteiger partial charge in [0, 0.05) is 35.0 Å². The Hall–Kier alpha value is -3.34. The highest BCUT2D eigenvalue weighted by Gasteiger charge is 2.12. The molecule has 1 aliphatic rings. The van der Waals surface area contributed by atoms with Crippen molar-refractivity contribution < 1.29 is 14.3 Å². The SMILES string of the molecule is O=C(/C=C/c1cccc2cccnc12)Nc1ccc2c(c1)OCCO2. The number of nitrogens with one attached hydrogen (secondary N) is 1. The number of pyridine rings is 1. The number of carbonyl (C=O) groups excluding carboxylic acids is 1. The number of nitrogens with zero attached hydrogens (tertiary/aromatic N) is 1. The minimum Gasteiger partial charge on any atom is -0.486 e.